The first-order valence-electron chi connectivity index (χ1n) is 8.35. The molecule has 3 rings (SSSR count). The Hall–Kier alpha value is -1.59. The lowest BCUT2D eigenvalue weighted by Crippen LogP contribution is -2.43. The average Bonchev–Trinajstić information content (AvgIpc) is 2.97. The third-order valence-corrected chi connectivity index (χ3v) is 4.80. The lowest BCUT2D eigenvalue weighted by Gasteiger charge is -2.28. The zero-order chi connectivity index (χ0) is 16.3. The summed E-state index contributed by atoms with van der Waals surface area (Å²) in [5.74, 6) is 0.985. The molecule has 0 spiro atoms. The zero-order valence-electron chi connectivity index (χ0n) is 13.7. The molecule has 2 aliphatic heterocycles. The van der Waals surface area contributed by atoms with Crippen molar-refractivity contribution in [2.24, 2.45) is 5.92 Å². The molecule has 2 fully saturated rings. The van der Waals surface area contributed by atoms with Crippen molar-refractivity contribution in [3.8, 4) is 5.75 Å². The summed E-state index contributed by atoms with van der Waals surface area (Å²) < 4.78 is 11.1. The molecule has 0 aromatic heterocycles. The lowest BCUT2D eigenvalue weighted by atomic mass is 9.99. The second-order valence-electron chi connectivity index (χ2n) is 6.67. The third kappa shape index (κ3) is 3.85. The molecule has 5 heteroatoms. The Labute approximate surface area is 137 Å². The highest BCUT2D eigenvalue weighted by Crippen LogP contribution is 2.27. The molecular weight excluding hydrogens is 294 g/mol. The Kier molecular flexibility index (Phi) is 4.87. The van der Waals surface area contributed by atoms with E-state index in [1.807, 2.05) is 31.2 Å². The van der Waals surface area contributed by atoms with E-state index >= 15 is 0 Å². The summed E-state index contributed by atoms with van der Waals surface area (Å²) in [6, 6.07) is 7.76. The van der Waals surface area contributed by atoms with Gasteiger partial charge in [-0.15, -0.1) is 0 Å². The molecule has 0 bridgehead atoms. The van der Waals surface area contributed by atoms with Crippen LogP contribution in [-0.2, 0) is 9.53 Å². The van der Waals surface area contributed by atoms with Crippen molar-refractivity contribution in [2.45, 2.75) is 31.8 Å². The Bertz CT molecular complexity index is 556. The van der Waals surface area contributed by atoms with Crippen LogP contribution in [0.3, 0.4) is 0 Å². The van der Waals surface area contributed by atoms with Gasteiger partial charge in [0.05, 0.1) is 6.54 Å². The summed E-state index contributed by atoms with van der Waals surface area (Å²) in [6.07, 6.45) is 2.13. The van der Waals surface area contributed by atoms with E-state index in [1.54, 1.807) is 4.90 Å². The number of rotatable bonds is 4. The molecule has 126 valence electrons. The van der Waals surface area contributed by atoms with Crippen LogP contribution in [0.25, 0.3) is 0 Å². The predicted molar refractivity (Wildman–Crippen MR) is 86.4 cm³/mol. The molecule has 1 unspecified atom stereocenters. The second-order valence-corrected chi connectivity index (χ2v) is 6.67. The van der Waals surface area contributed by atoms with E-state index in [0.29, 0.717) is 32.7 Å². The number of aliphatic hydroxyl groups is 1. The minimum atomic E-state index is -0.955. The summed E-state index contributed by atoms with van der Waals surface area (Å²) >= 11 is 0. The number of hydrogen-bond donors (Lipinski definition) is 1. The maximum atomic E-state index is 12.5. The highest BCUT2D eigenvalue weighted by molar-refractivity contribution is 5.79. The second kappa shape index (κ2) is 6.89. The SMILES string of the molecule is Cc1ccccc1OCC1(O)CCN(C(=O)C2CCOCC2)C1. The monoisotopic (exact) mass is 319 g/mol. The van der Waals surface area contributed by atoms with Crippen LogP contribution >= 0.6 is 0 Å². The number of ether oxygens (including phenoxy) is 2. The molecule has 23 heavy (non-hydrogen) atoms. The number of likely N-dealkylation sites (tertiary alicyclic amines) is 1. The highest BCUT2D eigenvalue weighted by Gasteiger charge is 2.40. The Morgan fingerprint density at radius 2 is 2.13 bits per heavy atom. The van der Waals surface area contributed by atoms with Crippen molar-refractivity contribution in [3.05, 3.63) is 29.8 Å². The van der Waals surface area contributed by atoms with Crippen molar-refractivity contribution in [2.75, 3.05) is 32.9 Å². The van der Waals surface area contributed by atoms with Crippen LogP contribution in [0.4, 0.5) is 0 Å². The molecular formula is C18H25NO4. The Morgan fingerprint density at radius 1 is 1.39 bits per heavy atom. The molecule has 1 amide bonds. The Balaban J connectivity index is 1.55. The van der Waals surface area contributed by atoms with Crippen molar-refractivity contribution >= 4 is 5.91 Å². The number of nitrogens with zero attached hydrogens (tertiary/aromatic N) is 1. The van der Waals surface area contributed by atoms with Gasteiger partial charge < -0.3 is 19.5 Å². The fraction of sp³-hybridized carbons (Fsp3) is 0.611. The van der Waals surface area contributed by atoms with Gasteiger partial charge >= 0.3 is 0 Å². The van der Waals surface area contributed by atoms with Gasteiger partial charge in [0.25, 0.3) is 0 Å². The van der Waals surface area contributed by atoms with Crippen LogP contribution in [0, 0.1) is 12.8 Å². The van der Waals surface area contributed by atoms with Crippen molar-refractivity contribution in [3.63, 3.8) is 0 Å². The van der Waals surface area contributed by atoms with Crippen LogP contribution < -0.4 is 4.74 Å². The minimum Gasteiger partial charge on any atom is -0.490 e. The summed E-state index contributed by atoms with van der Waals surface area (Å²) in [7, 11) is 0. The van der Waals surface area contributed by atoms with E-state index in [9.17, 15) is 9.90 Å². The predicted octanol–water partition coefficient (Wildman–Crippen LogP) is 1.76. The fourth-order valence-electron chi connectivity index (χ4n) is 3.30. The summed E-state index contributed by atoms with van der Waals surface area (Å²) in [4.78, 5) is 14.3. The Morgan fingerprint density at radius 3 is 2.87 bits per heavy atom. The van der Waals surface area contributed by atoms with Gasteiger partial charge in [-0.1, -0.05) is 18.2 Å². The summed E-state index contributed by atoms with van der Waals surface area (Å²) in [6.45, 7) is 4.47. The van der Waals surface area contributed by atoms with Gasteiger partial charge in [0.2, 0.25) is 5.91 Å². The van der Waals surface area contributed by atoms with E-state index in [1.165, 1.54) is 0 Å². The fourth-order valence-corrected chi connectivity index (χ4v) is 3.30. The molecule has 2 saturated heterocycles. The first-order chi connectivity index (χ1) is 11.1. The largest absolute Gasteiger partial charge is 0.490 e. The maximum Gasteiger partial charge on any atom is 0.225 e. The number of amides is 1. The third-order valence-electron chi connectivity index (χ3n) is 4.80. The van der Waals surface area contributed by atoms with E-state index in [-0.39, 0.29) is 18.4 Å². The molecule has 1 aromatic carbocycles. The molecule has 1 atom stereocenters. The van der Waals surface area contributed by atoms with E-state index in [2.05, 4.69) is 0 Å². The topological polar surface area (TPSA) is 59.0 Å². The molecule has 1 N–H and O–H groups in total. The number of carbonyl (C=O) groups is 1. The lowest BCUT2D eigenvalue weighted by molar-refractivity contribution is -0.138. The molecule has 2 aliphatic rings. The summed E-state index contributed by atoms with van der Waals surface area (Å²) in [5.41, 5.74) is 0.0903. The summed E-state index contributed by atoms with van der Waals surface area (Å²) in [5, 5.41) is 10.7. The molecule has 0 aliphatic carbocycles. The first-order valence-corrected chi connectivity index (χ1v) is 8.35. The number of para-hydroxylation sites is 1. The number of β-amino-alcohol motifs (C(OH)–C–C–N with tert-alkyl or cyclic N) is 1. The zero-order valence-corrected chi connectivity index (χ0v) is 13.7. The van der Waals surface area contributed by atoms with Gasteiger partial charge in [-0.2, -0.15) is 0 Å². The van der Waals surface area contributed by atoms with Crippen LogP contribution in [-0.4, -0.2) is 54.4 Å². The van der Waals surface area contributed by atoms with Crippen LogP contribution in [0.1, 0.15) is 24.8 Å². The van der Waals surface area contributed by atoms with Gasteiger partial charge in [-0.05, 0) is 37.8 Å². The quantitative estimate of drug-likeness (QED) is 0.919. The maximum absolute atomic E-state index is 12.5. The molecule has 1 aromatic rings. The van der Waals surface area contributed by atoms with Crippen LogP contribution in [0.5, 0.6) is 5.75 Å². The number of hydrogen-bond acceptors (Lipinski definition) is 4. The number of benzene rings is 1. The molecule has 0 saturated carbocycles. The van der Waals surface area contributed by atoms with E-state index in [0.717, 1.165) is 24.2 Å². The van der Waals surface area contributed by atoms with Crippen LogP contribution in [0.2, 0.25) is 0 Å². The molecule has 5 nitrogen and oxygen atoms in total. The van der Waals surface area contributed by atoms with Crippen molar-refractivity contribution in [1.29, 1.82) is 0 Å². The first kappa shape index (κ1) is 16.3. The normalized spacial score (nSPS) is 25.6. The average molecular weight is 319 g/mol. The van der Waals surface area contributed by atoms with Gasteiger partial charge in [-0.25, -0.2) is 0 Å². The van der Waals surface area contributed by atoms with Crippen molar-refractivity contribution < 1.29 is 19.4 Å². The van der Waals surface area contributed by atoms with Gasteiger partial charge in [0.15, 0.2) is 0 Å². The number of aryl methyl sites for hydroxylation is 1. The van der Waals surface area contributed by atoms with Gasteiger partial charge in [0.1, 0.15) is 18.0 Å². The van der Waals surface area contributed by atoms with Gasteiger partial charge in [-0.3, -0.25) is 4.79 Å². The van der Waals surface area contributed by atoms with Crippen molar-refractivity contribution in [1.82, 2.24) is 4.90 Å². The molecule has 0 radical (unpaired) electrons. The smallest absolute Gasteiger partial charge is 0.225 e. The molecule has 2 heterocycles. The highest BCUT2D eigenvalue weighted by atomic mass is 16.5. The van der Waals surface area contributed by atoms with Gasteiger partial charge in [0, 0.05) is 25.7 Å². The minimum absolute atomic E-state index is 0.0448. The number of carbonyl (C=O) groups excluding carboxylic acids is 1. The standard InChI is InChI=1S/C18H25NO4/c1-14-4-2-3-5-16(14)23-13-18(21)8-9-19(12-18)17(20)15-6-10-22-11-7-15/h2-5,15,21H,6-13H2,1H3. The van der Waals surface area contributed by atoms with Crippen LogP contribution in [0.15, 0.2) is 24.3 Å². The van der Waals surface area contributed by atoms with E-state index in [4.69, 9.17) is 9.47 Å². The van der Waals surface area contributed by atoms with E-state index < -0.39 is 5.60 Å².